The van der Waals surface area contributed by atoms with Crippen LogP contribution in [0.5, 0.6) is 0 Å². The van der Waals surface area contributed by atoms with Crippen molar-refractivity contribution in [2.24, 2.45) is 0 Å². The number of carbonyl (C=O) groups is 1. The number of nitrogens with one attached hydrogen (secondary N) is 1. The lowest BCUT2D eigenvalue weighted by atomic mass is 10.0. The molecule has 1 saturated heterocycles. The van der Waals surface area contributed by atoms with E-state index in [2.05, 4.69) is 15.4 Å². The first-order chi connectivity index (χ1) is 12.1. The van der Waals surface area contributed by atoms with E-state index >= 15 is 0 Å². The van der Waals surface area contributed by atoms with Crippen LogP contribution < -0.4 is 5.32 Å². The van der Waals surface area contributed by atoms with E-state index in [1.54, 1.807) is 27.9 Å². The molecule has 1 fully saturated rings. The monoisotopic (exact) mass is 375 g/mol. The molecule has 0 spiro atoms. The molecule has 0 saturated carbocycles. The Kier molecular flexibility index (Phi) is 5.20. The molecule has 0 radical (unpaired) electrons. The maximum atomic E-state index is 13.6. The van der Waals surface area contributed by atoms with Crippen molar-refractivity contribution >= 4 is 24.0 Å². The van der Waals surface area contributed by atoms with Gasteiger partial charge in [-0.05, 0) is 30.7 Å². The van der Waals surface area contributed by atoms with E-state index in [0.717, 1.165) is 11.3 Å². The van der Waals surface area contributed by atoms with Gasteiger partial charge in [0, 0.05) is 31.5 Å². The van der Waals surface area contributed by atoms with E-state index in [9.17, 15) is 9.18 Å². The van der Waals surface area contributed by atoms with Crippen LogP contribution >= 0.6 is 12.4 Å². The van der Waals surface area contributed by atoms with Crippen LogP contribution in [0.15, 0.2) is 42.7 Å². The van der Waals surface area contributed by atoms with Gasteiger partial charge in [-0.3, -0.25) is 4.79 Å². The van der Waals surface area contributed by atoms with Gasteiger partial charge >= 0.3 is 0 Å². The first-order valence-corrected chi connectivity index (χ1v) is 8.21. The molecule has 3 aromatic rings. The van der Waals surface area contributed by atoms with Gasteiger partial charge in [-0.25, -0.2) is 13.9 Å². The summed E-state index contributed by atoms with van der Waals surface area (Å²) in [6.07, 6.45) is 3.34. The third kappa shape index (κ3) is 3.27. The summed E-state index contributed by atoms with van der Waals surface area (Å²) in [5.41, 5.74) is 2.61. The number of nitrogens with zero attached hydrogens (tertiary/aromatic N) is 4. The molecule has 1 amide bonds. The van der Waals surface area contributed by atoms with Gasteiger partial charge in [0.15, 0.2) is 5.65 Å². The SMILES string of the molecule is Cc1ccn2ncc(C(=O)N3CCNCC3c3cccc(F)c3)c2n1.Cl. The molecule has 1 N–H and O–H groups in total. The Morgan fingerprint density at radius 3 is 3.00 bits per heavy atom. The molecule has 8 heteroatoms. The van der Waals surface area contributed by atoms with Crippen LogP contribution in [0.4, 0.5) is 4.39 Å². The lowest BCUT2D eigenvalue weighted by Crippen LogP contribution is -2.48. The van der Waals surface area contributed by atoms with Crippen LogP contribution in [-0.4, -0.2) is 45.0 Å². The molecule has 1 unspecified atom stereocenters. The predicted molar refractivity (Wildman–Crippen MR) is 98.0 cm³/mol. The summed E-state index contributed by atoms with van der Waals surface area (Å²) in [7, 11) is 0. The minimum Gasteiger partial charge on any atom is -0.329 e. The Hall–Kier alpha value is -2.51. The molecule has 26 heavy (non-hydrogen) atoms. The normalized spacial score (nSPS) is 17.2. The molecule has 6 nitrogen and oxygen atoms in total. The Bertz CT molecular complexity index is 944. The molecule has 0 aliphatic carbocycles. The maximum Gasteiger partial charge on any atom is 0.259 e. The molecule has 0 bridgehead atoms. The summed E-state index contributed by atoms with van der Waals surface area (Å²) in [5.74, 6) is -0.437. The summed E-state index contributed by atoms with van der Waals surface area (Å²) in [6, 6.07) is 8.02. The van der Waals surface area contributed by atoms with Crippen molar-refractivity contribution in [3.8, 4) is 0 Å². The highest BCUT2D eigenvalue weighted by molar-refractivity contribution is 6.00. The van der Waals surface area contributed by atoms with Gasteiger partial charge in [0.25, 0.3) is 5.91 Å². The molecule has 1 aromatic carbocycles. The summed E-state index contributed by atoms with van der Waals surface area (Å²) < 4.78 is 15.2. The fourth-order valence-electron chi connectivity index (χ4n) is 3.22. The molecular weight excluding hydrogens is 357 g/mol. The number of hydrogen-bond acceptors (Lipinski definition) is 4. The van der Waals surface area contributed by atoms with Crippen molar-refractivity contribution < 1.29 is 9.18 Å². The lowest BCUT2D eigenvalue weighted by Gasteiger charge is -2.36. The number of rotatable bonds is 2. The van der Waals surface area contributed by atoms with Crippen molar-refractivity contribution in [2.45, 2.75) is 13.0 Å². The average Bonchev–Trinajstić information content (AvgIpc) is 3.04. The van der Waals surface area contributed by atoms with Crippen LogP contribution in [0.2, 0.25) is 0 Å². The van der Waals surface area contributed by atoms with E-state index in [1.807, 2.05) is 19.1 Å². The van der Waals surface area contributed by atoms with E-state index in [0.29, 0.717) is 30.8 Å². The zero-order chi connectivity index (χ0) is 17.4. The molecule has 136 valence electrons. The van der Waals surface area contributed by atoms with E-state index < -0.39 is 0 Å². The summed E-state index contributed by atoms with van der Waals surface area (Å²) in [4.78, 5) is 19.4. The van der Waals surface area contributed by atoms with Crippen molar-refractivity contribution in [3.05, 3.63) is 65.4 Å². The molecular formula is C18H19ClFN5O. The maximum absolute atomic E-state index is 13.6. The third-order valence-corrected chi connectivity index (χ3v) is 4.48. The van der Waals surface area contributed by atoms with Crippen LogP contribution in [0.25, 0.3) is 5.65 Å². The number of amides is 1. The minimum absolute atomic E-state index is 0. The number of carbonyl (C=O) groups excluding carboxylic acids is 1. The Morgan fingerprint density at radius 2 is 2.19 bits per heavy atom. The zero-order valence-electron chi connectivity index (χ0n) is 14.2. The van der Waals surface area contributed by atoms with Crippen LogP contribution in [-0.2, 0) is 0 Å². The minimum atomic E-state index is -0.302. The average molecular weight is 376 g/mol. The van der Waals surface area contributed by atoms with Crippen molar-refractivity contribution in [2.75, 3.05) is 19.6 Å². The van der Waals surface area contributed by atoms with Crippen molar-refractivity contribution in [1.29, 1.82) is 0 Å². The summed E-state index contributed by atoms with van der Waals surface area (Å²) in [5, 5.41) is 7.50. The number of aromatic nitrogens is 3. The molecule has 4 rings (SSSR count). The van der Waals surface area contributed by atoms with Crippen molar-refractivity contribution in [3.63, 3.8) is 0 Å². The van der Waals surface area contributed by atoms with Gasteiger partial charge < -0.3 is 10.2 Å². The zero-order valence-corrected chi connectivity index (χ0v) is 15.0. The summed E-state index contributed by atoms with van der Waals surface area (Å²) >= 11 is 0. The van der Waals surface area contributed by atoms with E-state index in [4.69, 9.17) is 0 Å². The van der Waals surface area contributed by atoms with Crippen molar-refractivity contribution in [1.82, 2.24) is 24.8 Å². The van der Waals surface area contributed by atoms with Gasteiger partial charge in [0.05, 0.1) is 12.2 Å². The van der Waals surface area contributed by atoms with E-state index in [-0.39, 0.29) is 30.2 Å². The Balaban J connectivity index is 0.00000196. The predicted octanol–water partition coefficient (Wildman–Crippen LogP) is 2.39. The number of fused-ring (bicyclic) bond motifs is 1. The molecule has 2 aromatic heterocycles. The Labute approximate surface area is 156 Å². The van der Waals surface area contributed by atoms with Gasteiger partial charge in [0.1, 0.15) is 11.4 Å². The van der Waals surface area contributed by atoms with Gasteiger partial charge in [0.2, 0.25) is 0 Å². The fraction of sp³-hybridized carbons (Fsp3) is 0.278. The quantitative estimate of drug-likeness (QED) is 0.747. The number of benzene rings is 1. The number of halogens is 2. The van der Waals surface area contributed by atoms with Crippen LogP contribution in [0.3, 0.4) is 0 Å². The lowest BCUT2D eigenvalue weighted by molar-refractivity contribution is 0.0635. The second-order valence-corrected chi connectivity index (χ2v) is 6.17. The summed E-state index contributed by atoms with van der Waals surface area (Å²) in [6.45, 7) is 3.70. The second-order valence-electron chi connectivity index (χ2n) is 6.17. The van der Waals surface area contributed by atoms with Gasteiger partial charge in [-0.2, -0.15) is 5.10 Å². The molecule has 1 aliphatic heterocycles. The number of aryl methyl sites for hydroxylation is 1. The smallest absolute Gasteiger partial charge is 0.259 e. The highest BCUT2D eigenvalue weighted by Crippen LogP contribution is 2.25. The molecule has 1 atom stereocenters. The largest absolute Gasteiger partial charge is 0.329 e. The van der Waals surface area contributed by atoms with Crippen LogP contribution in [0, 0.1) is 12.7 Å². The first kappa shape index (κ1) is 18.3. The third-order valence-electron chi connectivity index (χ3n) is 4.48. The fourth-order valence-corrected chi connectivity index (χ4v) is 3.22. The number of piperazine rings is 1. The Morgan fingerprint density at radius 1 is 1.35 bits per heavy atom. The van der Waals surface area contributed by atoms with Crippen LogP contribution in [0.1, 0.15) is 27.7 Å². The standard InChI is InChI=1S/C18H18FN5O.ClH/c1-12-5-7-24-17(22-12)15(10-21-24)18(25)23-8-6-20-11-16(23)13-3-2-4-14(19)9-13;/h2-5,7,9-10,16,20H,6,8,11H2,1H3;1H. The molecule has 3 heterocycles. The molecule has 1 aliphatic rings. The number of hydrogen-bond donors (Lipinski definition) is 1. The van der Waals surface area contributed by atoms with Gasteiger partial charge in [-0.1, -0.05) is 12.1 Å². The topological polar surface area (TPSA) is 62.5 Å². The highest BCUT2D eigenvalue weighted by Gasteiger charge is 2.30. The highest BCUT2D eigenvalue weighted by atomic mass is 35.5. The van der Waals surface area contributed by atoms with Gasteiger partial charge in [-0.15, -0.1) is 12.4 Å². The second kappa shape index (κ2) is 7.39. The van der Waals surface area contributed by atoms with E-state index in [1.165, 1.54) is 12.1 Å². The first-order valence-electron chi connectivity index (χ1n) is 8.21.